The lowest BCUT2D eigenvalue weighted by Gasteiger charge is -2.09. The third-order valence-electron chi connectivity index (χ3n) is 2.65. The molecule has 0 fully saturated rings. The summed E-state index contributed by atoms with van der Waals surface area (Å²) < 4.78 is 21.8. The van der Waals surface area contributed by atoms with E-state index in [-0.39, 0.29) is 17.0 Å². The number of hydrogen-bond donors (Lipinski definition) is 4. The third kappa shape index (κ3) is 3.14. The van der Waals surface area contributed by atoms with Crippen LogP contribution in [-0.2, 0) is 11.3 Å². The number of aromatic carboxylic acids is 1. The molecule has 2 rings (SSSR count). The van der Waals surface area contributed by atoms with Gasteiger partial charge in [-0.05, 0) is 35.4 Å². The SMILES string of the molecule is O=C(O)c1ccc(-c2ccc(O)cc2)cc1NS(=O)O. The normalized spacial score (nSPS) is 11.8. The van der Waals surface area contributed by atoms with Crippen molar-refractivity contribution < 1.29 is 23.8 Å². The van der Waals surface area contributed by atoms with E-state index in [1.165, 1.54) is 24.3 Å². The molecule has 7 heteroatoms. The maximum atomic E-state index is 11.0. The summed E-state index contributed by atoms with van der Waals surface area (Å²) in [6.07, 6.45) is 0. The van der Waals surface area contributed by atoms with Crippen molar-refractivity contribution in [1.82, 2.24) is 0 Å². The number of carbonyl (C=O) groups is 1. The molecule has 0 spiro atoms. The molecular formula is C13H11NO5S. The highest BCUT2D eigenvalue weighted by Gasteiger charge is 2.12. The zero-order valence-electron chi connectivity index (χ0n) is 10.1. The molecule has 0 aliphatic rings. The van der Waals surface area contributed by atoms with Crippen LogP contribution in [0.4, 0.5) is 5.69 Å². The standard InChI is InChI=1S/C13H11NO5S/c15-10-4-1-8(2-5-10)9-3-6-11(13(16)17)12(7-9)14-20(18)19/h1-7,14-15H,(H,16,17)(H,18,19). The lowest BCUT2D eigenvalue weighted by molar-refractivity contribution is 0.0698. The van der Waals surface area contributed by atoms with Gasteiger partial charge >= 0.3 is 5.97 Å². The summed E-state index contributed by atoms with van der Waals surface area (Å²) in [7, 11) is 0. The molecule has 6 nitrogen and oxygen atoms in total. The van der Waals surface area contributed by atoms with Gasteiger partial charge in [0.2, 0.25) is 0 Å². The zero-order valence-corrected chi connectivity index (χ0v) is 10.9. The first-order chi connectivity index (χ1) is 9.47. The highest BCUT2D eigenvalue weighted by Crippen LogP contribution is 2.27. The van der Waals surface area contributed by atoms with Gasteiger partial charge in [0.1, 0.15) is 5.75 Å². The number of hydrogen-bond acceptors (Lipinski definition) is 3. The molecule has 0 aliphatic carbocycles. The second-order valence-corrected chi connectivity index (χ2v) is 4.67. The smallest absolute Gasteiger partial charge is 0.337 e. The molecule has 0 radical (unpaired) electrons. The number of phenolic OH excluding ortho intramolecular Hbond substituents is 1. The number of nitrogens with one attached hydrogen (secondary N) is 1. The van der Waals surface area contributed by atoms with Crippen LogP contribution in [0.3, 0.4) is 0 Å². The molecule has 20 heavy (non-hydrogen) atoms. The Morgan fingerprint density at radius 1 is 1.05 bits per heavy atom. The Labute approximate surface area is 117 Å². The van der Waals surface area contributed by atoms with E-state index in [2.05, 4.69) is 4.72 Å². The van der Waals surface area contributed by atoms with Gasteiger partial charge in [-0.1, -0.05) is 18.2 Å². The zero-order chi connectivity index (χ0) is 14.7. The van der Waals surface area contributed by atoms with Gasteiger partial charge in [0.05, 0.1) is 11.3 Å². The Balaban J connectivity index is 2.48. The molecule has 1 atom stereocenters. The average molecular weight is 293 g/mol. The van der Waals surface area contributed by atoms with Gasteiger partial charge in [-0.25, -0.2) is 9.00 Å². The molecule has 1 unspecified atom stereocenters. The van der Waals surface area contributed by atoms with Crippen LogP contribution in [0.1, 0.15) is 10.4 Å². The average Bonchev–Trinajstić information content (AvgIpc) is 2.38. The summed E-state index contributed by atoms with van der Waals surface area (Å²) in [5.41, 5.74) is 1.34. The van der Waals surface area contributed by atoms with Crippen LogP contribution in [0.2, 0.25) is 0 Å². The molecule has 0 saturated carbocycles. The summed E-state index contributed by atoms with van der Waals surface area (Å²) in [6, 6.07) is 10.7. The van der Waals surface area contributed by atoms with E-state index in [0.29, 0.717) is 5.56 Å². The van der Waals surface area contributed by atoms with Crippen LogP contribution in [-0.4, -0.2) is 24.9 Å². The molecule has 0 amide bonds. The maximum Gasteiger partial charge on any atom is 0.337 e. The van der Waals surface area contributed by atoms with E-state index in [9.17, 15) is 14.1 Å². The number of carboxylic acids is 1. The van der Waals surface area contributed by atoms with Crippen molar-refractivity contribution in [3.05, 3.63) is 48.0 Å². The molecule has 0 bridgehead atoms. The number of phenols is 1. The number of rotatable bonds is 4. The van der Waals surface area contributed by atoms with Gasteiger partial charge < -0.3 is 10.2 Å². The molecule has 0 heterocycles. The van der Waals surface area contributed by atoms with Gasteiger partial charge in [-0.2, -0.15) is 0 Å². The Morgan fingerprint density at radius 3 is 2.20 bits per heavy atom. The van der Waals surface area contributed by atoms with E-state index in [4.69, 9.17) is 9.66 Å². The monoisotopic (exact) mass is 293 g/mol. The molecule has 4 N–H and O–H groups in total. The molecule has 0 saturated heterocycles. The van der Waals surface area contributed by atoms with E-state index in [1.807, 2.05) is 0 Å². The van der Waals surface area contributed by atoms with Crippen molar-refractivity contribution in [2.45, 2.75) is 0 Å². The van der Waals surface area contributed by atoms with Gasteiger partial charge in [-0.3, -0.25) is 9.27 Å². The fourth-order valence-electron chi connectivity index (χ4n) is 1.74. The summed E-state index contributed by atoms with van der Waals surface area (Å²) in [4.78, 5) is 11.0. The first kappa shape index (κ1) is 14.0. The predicted molar refractivity (Wildman–Crippen MR) is 74.9 cm³/mol. The van der Waals surface area contributed by atoms with Crippen molar-refractivity contribution in [2.24, 2.45) is 0 Å². The van der Waals surface area contributed by atoms with E-state index in [0.717, 1.165) is 5.56 Å². The van der Waals surface area contributed by atoms with Crippen molar-refractivity contribution in [3.8, 4) is 16.9 Å². The molecule has 0 aliphatic heterocycles. The van der Waals surface area contributed by atoms with E-state index < -0.39 is 17.2 Å². The molecule has 0 aromatic heterocycles. The van der Waals surface area contributed by atoms with Crippen LogP contribution >= 0.6 is 0 Å². The largest absolute Gasteiger partial charge is 0.508 e. The van der Waals surface area contributed by atoms with Crippen LogP contribution in [0.15, 0.2) is 42.5 Å². The summed E-state index contributed by atoms with van der Waals surface area (Å²) in [5, 5.41) is 18.3. The van der Waals surface area contributed by atoms with Gasteiger partial charge in [0.15, 0.2) is 0 Å². The van der Waals surface area contributed by atoms with E-state index >= 15 is 0 Å². The minimum Gasteiger partial charge on any atom is -0.508 e. The highest BCUT2D eigenvalue weighted by atomic mass is 32.2. The number of carboxylic acid groups (broad SMARTS) is 1. The minimum atomic E-state index is -2.37. The van der Waals surface area contributed by atoms with E-state index in [1.54, 1.807) is 18.2 Å². The topological polar surface area (TPSA) is 107 Å². The number of aromatic hydroxyl groups is 1. The Hall–Kier alpha value is -2.38. The summed E-state index contributed by atoms with van der Waals surface area (Å²) in [5.74, 6) is -1.08. The second-order valence-electron chi connectivity index (χ2n) is 3.96. The first-order valence-electron chi connectivity index (χ1n) is 5.51. The molecule has 104 valence electrons. The first-order valence-corrected chi connectivity index (χ1v) is 6.62. The molecule has 2 aromatic carbocycles. The fourth-order valence-corrected chi connectivity index (χ4v) is 2.10. The van der Waals surface area contributed by atoms with Crippen LogP contribution in [0, 0.1) is 0 Å². The summed E-state index contributed by atoms with van der Waals surface area (Å²) >= 11 is -2.37. The van der Waals surface area contributed by atoms with Crippen molar-refractivity contribution in [3.63, 3.8) is 0 Å². The van der Waals surface area contributed by atoms with Crippen molar-refractivity contribution in [1.29, 1.82) is 0 Å². The van der Waals surface area contributed by atoms with Crippen molar-refractivity contribution >= 4 is 22.9 Å². The lowest BCUT2D eigenvalue weighted by Crippen LogP contribution is -2.08. The van der Waals surface area contributed by atoms with Crippen molar-refractivity contribution in [2.75, 3.05) is 4.72 Å². The number of anilines is 1. The van der Waals surface area contributed by atoms with Gasteiger partial charge in [0, 0.05) is 0 Å². The quantitative estimate of drug-likeness (QED) is 0.647. The van der Waals surface area contributed by atoms with Gasteiger partial charge in [-0.15, -0.1) is 0 Å². The van der Waals surface area contributed by atoms with Crippen LogP contribution in [0.5, 0.6) is 5.75 Å². The lowest BCUT2D eigenvalue weighted by atomic mass is 10.0. The summed E-state index contributed by atoms with van der Waals surface area (Å²) in [6.45, 7) is 0. The fraction of sp³-hybridized carbons (Fsp3) is 0. The Bertz CT molecular complexity index is 669. The second kappa shape index (κ2) is 5.72. The highest BCUT2D eigenvalue weighted by molar-refractivity contribution is 7.80. The van der Waals surface area contributed by atoms with Crippen LogP contribution in [0.25, 0.3) is 11.1 Å². The molecule has 2 aromatic rings. The predicted octanol–water partition coefficient (Wildman–Crippen LogP) is 2.31. The Kier molecular flexibility index (Phi) is 4.02. The molecular weight excluding hydrogens is 282 g/mol. The third-order valence-corrected chi connectivity index (χ3v) is 3.04. The van der Waals surface area contributed by atoms with Crippen LogP contribution < -0.4 is 4.72 Å². The number of benzene rings is 2. The Morgan fingerprint density at radius 2 is 1.65 bits per heavy atom. The van der Waals surface area contributed by atoms with Gasteiger partial charge in [0.25, 0.3) is 11.3 Å². The maximum absolute atomic E-state index is 11.0. The minimum absolute atomic E-state index is 0.0453.